The molecule has 0 amide bonds. The molecule has 2 atom stereocenters. The zero-order chi connectivity index (χ0) is 14.0. The Hall–Kier alpha value is -1.60. The van der Waals surface area contributed by atoms with Gasteiger partial charge >= 0.3 is 0 Å². The Morgan fingerprint density at radius 1 is 0.950 bits per heavy atom. The second kappa shape index (κ2) is 5.41. The summed E-state index contributed by atoms with van der Waals surface area (Å²) in [4.78, 5) is 0. The van der Waals surface area contributed by atoms with Crippen LogP contribution in [0.5, 0.6) is 0 Å². The van der Waals surface area contributed by atoms with Crippen LogP contribution in [0.25, 0.3) is 0 Å². The Bertz CT molecular complexity index is 558. The molecule has 1 nitrogen and oxygen atoms in total. The molecular formula is C19H22O. The van der Waals surface area contributed by atoms with Crippen LogP contribution >= 0.6 is 0 Å². The van der Waals surface area contributed by atoms with Crippen molar-refractivity contribution in [2.24, 2.45) is 0 Å². The number of aliphatic hydroxyl groups is 1. The van der Waals surface area contributed by atoms with E-state index in [2.05, 4.69) is 55.5 Å². The van der Waals surface area contributed by atoms with E-state index in [1.807, 2.05) is 6.07 Å². The van der Waals surface area contributed by atoms with Gasteiger partial charge in [0, 0.05) is 5.92 Å². The van der Waals surface area contributed by atoms with Gasteiger partial charge in [0.1, 0.15) is 0 Å². The summed E-state index contributed by atoms with van der Waals surface area (Å²) >= 11 is 0. The average molecular weight is 266 g/mol. The van der Waals surface area contributed by atoms with E-state index in [0.29, 0.717) is 0 Å². The van der Waals surface area contributed by atoms with Crippen LogP contribution in [0.3, 0.4) is 0 Å². The van der Waals surface area contributed by atoms with Gasteiger partial charge in [0.25, 0.3) is 0 Å². The molecule has 1 N–H and O–H groups in total. The zero-order valence-corrected chi connectivity index (χ0v) is 12.0. The van der Waals surface area contributed by atoms with Gasteiger partial charge in [0.05, 0.1) is 5.60 Å². The van der Waals surface area contributed by atoms with Gasteiger partial charge in [-0.15, -0.1) is 0 Å². The summed E-state index contributed by atoms with van der Waals surface area (Å²) in [5.41, 5.74) is 2.85. The normalized spacial score (nSPS) is 26.4. The van der Waals surface area contributed by atoms with Gasteiger partial charge in [-0.3, -0.25) is 0 Å². The molecule has 2 aromatic rings. The lowest BCUT2D eigenvalue weighted by Crippen LogP contribution is -2.36. The summed E-state index contributed by atoms with van der Waals surface area (Å²) in [6.45, 7) is 2.09. The Kier molecular flexibility index (Phi) is 3.62. The molecule has 3 rings (SSSR count). The minimum absolute atomic E-state index is 0.208. The minimum Gasteiger partial charge on any atom is -0.385 e. The average Bonchev–Trinajstić information content (AvgIpc) is 2.49. The summed E-state index contributed by atoms with van der Waals surface area (Å²) < 4.78 is 0. The minimum atomic E-state index is -0.715. The first kappa shape index (κ1) is 13.4. The largest absolute Gasteiger partial charge is 0.385 e. The van der Waals surface area contributed by atoms with Crippen molar-refractivity contribution in [3.8, 4) is 0 Å². The molecule has 1 aliphatic rings. The topological polar surface area (TPSA) is 20.2 Å². The van der Waals surface area contributed by atoms with Crippen LogP contribution in [0.1, 0.15) is 48.3 Å². The molecule has 1 heteroatoms. The van der Waals surface area contributed by atoms with Crippen LogP contribution in [0.4, 0.5) is 0 Å². The van der Waals surface area contributed by atoms with E-state index < -0.39 is 5.60 Å². The van der Waals surface area contributed by atoms with Gasteiger partial charge in [-0.2, -0.15) is 0 Å². The van der Waals surface area contributed by atoms with E-state index in [9.17, 15) is 5.11 Å². The van der Waals surface area contributed by atoms with Gasteiger partial charge in [-0.1, -0.05) is 73.0 Å². The highest BCUT2D eigenvalue weighted by molar-refractivity contribution is 5.33. The predicted molar refractivity (Wildman–Crippen MR) is 82.7 cm³/mol. The Morgan fingerprint density at radius 3 is 2.35 bits per heavy atom. The van der Waals surface area contributed by atoms with E-state index >= 15 is 0 Å². The van der Waals surface area contributed by atoms with Crippen molar-refractivity contribution in [1.82, 2.24) is 0 Å². The molecule has 1 aliphatic carbocycles. The van der Waals surface area contributed by atoms with Crippen molar-refractivity contribution in [3.05, 3.63) is 71.3 Å². The number of hydrogen-bond acceptors (Lipinski definition) is 1. The van der Waals surface area contributed by atoms with Crippen LogP contribution in [-0.4, -0.2) is 5.11 Å². The molecule has 0 saturated heterocycles. The number of hydrogen-bond donors (Lipinski definition) is 1. The second-order valence-corrected chi connectivity index (χ2v) is 6.00. The Balaban J connectivity index is 2.01. The predicted octanol–water partition coefficient (Wildman–Crippen LogP) is 4.54. The molecule has 0 spiro atoms. The standard InChI is InChI=1S/C19H22O/c1-15-10-12-17(13-11-15)19(20)14-6-5-9-18(19)16-7-3-2-4-8-16/h2-4,7-8,10-13,18,20H,5-6,9,14H2,1H3. The molecule has 20 heavy (non-hydrogen) atoms. The highest BCUT2D eigenvalue weighted by Crippen LogP contribution is 2.47. The number of benzene rings is 2. The van der Waals surface area contributed by atoms with Crippen LogP contribution < -0.4 is 0 Å². The smallest absolute Gasteiger partial charge is 0.0964 e. The fourth-order valence-electron chi connectivity index (χ4n) is 3.47. The maximum atomic E-state index is 11.3. The molecule has 0 aliphatic heterocycles. The highest BCUT2D eigenvalue weighted by atomic mass is 16.3. The fourth-order valence-corrected chi connectivity index (χ4v) is 3.47. The van der Waals surface area contributed by atoms with E-state index in [1.165, 1.54) is 17.5 Å². The Morgan fingerprint density at radius 2 is 1.65 bits per heavy atom. The van der Waals surface area contributed by atoms with Crippen molar-refractivity contribution in [1.29, 1.82) is 0 Å². The lowest BCUT2D eigenvalue weighted by Gasteiger charge is -2.41. The first-order valence-electron chi connectivity index (χ1n) is 7.54. The van der Waals surface area contributed by atoms with Crippen LogP contribution in [0.15, 0.2) is 54.6 Å². The van der Waals surface area contributed by atoms with Crippen molar-refractivity contribution in [3.63, 3.8) is 0 Å². The first-order chi connectivity index (χ1) is 9.70. The summed E-state index contributed by atoms with van der Waals surface area (Å²) in [6.07, 6.45) is 4.23. The van der Waals surface area contributed by atoms with Crippen LogP contribution in [-0.2, 0) is 5.60 Å². The lowest BCUT2D eigenvalue weighted by atomic mass is 9.68. The zero-order valence-electron chi connectivity index (χ0n) is 12.0. The van der Waals surface area contributed by atoms with Crippen molar-refractivity contribution >= 4 is 0 Å². The molecule has 104 valence electrons. The quantitative estimate of drug-likeness (QED) is 0.846. The van der Waals surface area contributed by atoms with Crippen molar-refractivity contribution < 1.29 is 5.11 Å². The number of aryl methyl sites for hydroxylation is 1. The molecule has 0 heterocycles. The molecule has 2 aromatic carbocycles. The third-order valence-electron chi connectivity index (χ3n) is 4.63. The van der Waals surface area contributed by atoms with Gasteiger partial charge in [-0.05, 0) is 30.9 Å². The monoisotopic (exact) mass is 266 g/mol. The summed E-state index contributed by atoms with van der Waals surface area (Å²) in [6, 6.07) is 18.9. The van der Waals surface area contributed by atoms with Crippen molar-refractivity contribution in [2.45, 2.75) is 44.1 Å². The fraction of sp³-hybridized carbons (Fsp3) is 0.368. The molecular weight excluding hydrogens is 244 g/mol. The molecule has 1 saturated carbocycles. The van der Waals surface area contributed by atoms with Gasteiger partial charge in [-0.25, -0.2) is 0 Å². The highest BCUT2D eigenvalue weighted by Gasteiger charge is 2.40. The third-order valence-corrected chi connectivity index (χ3v) is 4.63. The van der Waals surface area contributed by atoms with Gasteiger partial charge in [0.2, 0.25) is 0 Å². The summed E-state index contributed by atoms with van der Waals surface area (Å²) in [7, 11) is 0. The van der Waals surface area contributed by atoms with E-state index in [-0.39, 0.29) is 5.92 Å². The van der Waals surface area contributed by atoms with E-state index in [0.717, 1.165) is 24.8 Å². The maximum Gasteiger partial charge on any atom is 0.0964 e. The van der Waals surface area contributed by atoms with Crippen LogP contribution in [0, 0.1) is 6.92 Å². The molecule has 1 fully saturated rings. The molecule has 0 radical (unpaired) electrons. The van der Waals surface area contributed by atoms with Crippen LogP contribution in [0.2, 0.25) is 0 Å². The first-order valence-corrected chi connectivity index (χ1v) is 7.54. The SMILES string of the molecule is Cc1ccc(C2(O)CCCCC2c2ccccc2)cc1. The maximum absolute atomic E-state index is 11.3. The Labute approximate surface area is 121 Å². The third kappa shape index (κ3) is 2.38. The molecule has 0 aromatic heterocycles. The lowest BCUT2D eigenvalue weighted by molar-refractivity contribution is -0.0224. The second-order valence-electron chi connectivity index (χ2n) is 6.00. The number of rotatable bonds is 2. The van der Waals surface area contributed by atoms with E-state index in [1.54, 1.807) is 0 Å². The summed E-state index contributed by atoms with van der Waals surface area (Å²) in [5.74, 6) is 0.208. The molecule has 0 bridgehead atoms. The molecule has 2 unspecified atom stereocenters. The summed E-state index contributed by atoms with van der Waals surface area (Å²) in [5, 5.41) is 11.3. The van der Waals surface area contributed by atoms with Gasteiger partial charge in [0.15, 0.2) is 0 Å². The van der Waals surface area contributed by atoms with Gasteiger partial charge < -0.3 is 5.11 Å². The van der Waals surface area contributed by atoms with Crippen molar-refractivity contribution in [2.75, 3.05) is 0 Å². The van der Waals surface area contributed by atoms with E-state index in [4.69, 9.17) is 0 Å².